The molecule has 0 bridgehead atoms. The van der Waals surface area contributed by atoms with Gasteiger partial charge in [-0.25, -0.2) is 4.39 Å². The van der Waals surface area contributed by atoms with Gasteiger partial charge in [0, 0.05) is 32.9 Å². The Bertz CT molecular complexity index is 635. The van der Waals surface area contributed by atoms with Crippen LogP contribution in [0.25, 0.3) is 11.1 Å². The zero-order valence-electron chi connectivity index (χ0n) is 9.12. The van der Waals surface area contributed by atoms with Gasteiger partial charge in [-0.2, -0.15) is 5.26 Å². The molecule has 2 nitrogen and oxygen atoms in total. The van der Waals surface area contributed by atoms with Gasteiger partial charge in [-0.05, 0) is 12.1 Å². The third kappa shape index (κ3) is 2.45. The van der Waals surface area contributed by atoms with E-state index in [9.17, 15) is 4.39 Å². The summed E-state index contributed by atoms with van der Waals surface area (Å²) < 4.78 is 13.7. The first-order valence-corrected chi connectivity index (χ1v) is 5.84. The maximum atomic E-state index is 13.7. The van der Waals surface area contributed by atoms with Gasteiger partial charge in [0.15, 0.2) is 0 Å². The molecule has 0 saturated heterocycles. The van der Waals surface area contributed by atoms with E-state index in [-0.39, 0.29) is 12.0 Å². The van der Waals surface area contributed by atoms with E-state index in [1.807, 2.05) is 6.07 Å². The van der Waals surface area contributed by atoms with Gasteiger partial charge in [0.2, 0.25) is 0 Å². The number of hydrogen-bond acceptors (Lipinski definition) is 2. The average Bonchev–Trinajstić information content (AvgIpc) is 2.32. The monoisotopic (exact) mass is 280 g/mol. The number of aromatic nitrogens is 1. The van der Waals surface area contributed by atoms with Crippen LogP contribution in [0.3, 0.4) is 0 Å². The molecule has 0 aliphatic heterocycles. The van der Waals surface area contributed by atoms with Crippen molar-refractivity contribution in [2.24, 2.45) is 0 Å². The first kappa shape index (κ1) is 12.8. The number of nitrogens with zero attached hydrogens (tertiary/aromatic N) is 2. The van der Waals surface area contributed by atoms with E-state index in [0.717, 1.165) is 6.20 Å². The summed E-state index contributed by atoms with van der Waals surface area (Å²) in [5.74, 6) is -0.514. The normalized spacial score (nSPS) is 10.1. The summed E-state index contributed by atoms with van der Waals surface area (Å²) >= 11 is 11.9. The highest BCUT2D eigenvalue weighted by molar-refractivity contribution is 6.36. The predicted molar refractivity (Wildman–Crippen MR) is 69.0 cm³/mol. The Morgan fingerprint density at radius 2 is 2.00 bits per heavy atom. The Kier molecular flexibility index (Phi) is 3.81. The molecule has 0 atom stereocenters. The van der Waals surface area contributed by atoms with Crippen LogP contribution >= 0.6 is 23.2 Å². The van der Waals surface area contributed by atoms with E-state index in [2.05, 4.69) is 4.98 Å². The highest BCUT2D eigenvalue weighted by Gasteiger charge is 2.13. The fraction of sp³-hybridized carbons (Fsp3) is 0.0769. The summed E-state index contributed by atoms with van der Waals surface area (Å²) in [6, 6.07) is 6.84. The van der Waals surface area contributed by atoms with E-state index in [1.54, 1.807) is 18.2 Å². The van der Waals surface area contributed by atoms with Crippen molar-refractivity contribution in [1.29, 1.82) is 5.26 Å². The van der Waals surface area contributed by atoms with Gasteiger partial charge in [-0.1, -0.05) is 29.3 Å². The van der Waals surface area contributed by atoms with Crippen molar-refractivity contribution in [3.05, 3.63) is 52.0 Å². The van der Waals surface area contributed by atoms with Gasteiger partial charge in [0.1, 0.15) is 5.82 Å². The number of hydrogen-bond donors (Lipinski definition) is 0. The first-order valence-electron chi connectivity index (χ1n) is 5.08. The van der Waals surface area contributed by atoms with E-state index in [4.69, 9.17) is 28.5 Å². The summed E-state index contributed by atoms with van der Waals surface area (Å²) in [7, 11) is 0. The molecule has 2 rings (SSSR count). The Morgan fingerprint density at radius 3 is 2.67 bits per heavy atom. The minimum Gasteiger partial charge on any atom is -0.261 e. The van der Waals surface area contributed by atoms with Crippen molar-refractivity contribution in [2.45, 2.75) is 6.42 Å². The van der Waals surface area contributed by atoms with Crippen LogP contribution in [0.5, 0.6) is 0 Å². The Morgan fingerprint density at radius 1 is 1.22 bits per heavy atom. The molecule has 0 aliphatic rings. The van der Waals surface area contributed by atoms with Crippen LogP contribution in [0.15, 0.2) is 30.6 Å². The maximum Gasteiger partial charge on any atom is 0.146 e. The van der Waals surface area contributed by atoms with Crippen LogP contribution in [0.2, 0.25) is 10.0 Å². The molecule has 18 heavy (non-hydrogen) atoms. The molecule has 2 aromatic rings. The number of rotatable bonds is 2. The molecule has 0 amide bonds. The Hall–Kier alpha value is -1.63. The van der Waals surface area contributed by atoms with E-state index in [0.29, 0.717) is 21.2 Å². The Labute approximate surface area is 114 Å². The minimum atomic E-state index is -0.514. The topological polar surface area (TPSA) is 36.7 Å². The SMILES string of the molecule is N#CCc1c(F)cncc1-c1ccc(Cl)cc1Cl. The Balaban J connectivity index is 2.64. The summed E-state index contributed by atoms with van der Waals surface area (Å²) in [6.07, 6.45) is 2.54. The zero-order valence-corrected chi connectivity index (χ0v) is 10.6. The second-order valence-electron chi connectivity index (χ2n) is 3.61. The van der Waals surface area contributed by atoms with Crippen molar-refractivity contribution >= 4 is 23.2 Å². The lowest BCUT2D eigenvalue weighted by atomic mass is 10.00. The average molecular weight is 281 g/mol. The van der Waals surface area contributed by atoms with Crippen LogP contribution in [-0.2, 0) is 6.42 Å². The number of pyridine rings is 1. The number of benzene rings is 1. The van der Waals surface area contributed by atoms with Crippen molar-refractivity contribution in [3.8, 4) is 17.2 Å². The largest absolute Gasteiger partial charge is 0.261 e. The van der Waals surface area contributed by atoms with Crippen LogP contribution in [0, 0.1) is 17.1 Å². The lowest BCUT2D eigenvalue weighted by molar-refractivity contribution is 0.609. The third-order valence-corrected chi connectivity index (χ3v) is 3.03. The van der Waals surface area contributed by atoms with Gasteiger partial charge in [-0.15, -0.1) is 0 Å². The molecule has 0 radical (unpaired) electrons. The molecular weight excluding hydrogens is 274 g/mol. The van der Waals surface area contributed by atoms with Crippen LogP contribution in [0.1, 0.15) is 5.56 Å². The molecule has 0 spiro atoms. The first-order chi connectivity index (χ1) is 8.63. The van der Waals surface area contributed by atoms with Crippen molar-refractivity contribution < 1.29 is 4.39 Å². The number of nitriles is 1. The lowest BCUT2D eigenvalue weighted by Gasteiger charge is -2.09. The lowest BCUT2D eigenvalue weighted by Crippen LogP contribution is -1.95. The molecular formula is C13H7Cl2FN2. The van der Waals surface area contributed by atoms with Crippen LogP contribution in [-0.4, -0.2) is 4.98 Å². The van der Waals surface area contributed by atoms with Crippen LogP contribution in [0.4, 0.5) is 4.39 Å². The summed E-state index contributed by atoms with van der Waals surface area (Å²) in [5.41, 5.74) is 1.41. The van der Waals surface area contributed by atoms with Gasteiger partial charge in [-0.3, -0.25) is 4.98 Å². The highest BCUT2D eigenvalue weighted by Crippen LogP contribution is 2.33. The fourth-order valence-electron chi connectivity index (χ4n) is 1.66. The van der Waals surface area contributed by atoms with Gasteiger partial charge in [0.05, 0.1) is 18.7 Å². The van der Waals surface area contributed by atoms with Crippen molar-refractivity contribution in [2.75, 3.05) is 0 Å². The maximum absolute atomic E-state index is 13.7. The standard InChI is InChI=1S/C13H7Cl2FN2/c14-8-1-2-9(12(15)5-8)11-6-18-7-13(16)10(11)3-4-17/h1-2,5-7H,3H2. The van der Waals surface area contributed by atoms with Crippen LogP contribution < -0.4 is 0 Å². The number of halogens is 3. The smallest absolute Gasteiger partial charge is 0.146 e. The molecule has 5 heteroatoms. The molecule has 0 unspecified atom stereocenters. The van der Waals surface area contributed by atoms with Gasteiger partial charge < -0.3 is 0 Å². The third-order valence-electron chi connectivity index (χ3n) is 2.48. The fourth-order valence-corrected chi connectivity index (χ4v) is 2.17. The highest BCUT2D eigenvalue weighted by atomic mass is 35.5. The van der Waals surface area contributed by atoms with Gasteiger partial charge >= 0.3 is 0 Å². The van der Waals surface area contributed by atoms with E-state index in [1.165, 1.54) is 6.20 Å². The molecule has 0 aliphatic carbocycles. The molecule has 1 aromatic heterocycles. The van der Waals surface area contributed by atoms with Crippen molar-refractivity contribution in [3.63, 3.8) is 0 Å². The molecule has 0 fully saturated rings. The quantitative estimate of drug-likeness (QED) is 0.824. The van der Waals surface area contributed by atoms with Gasteiger partial charge in [0.25, 0.3) is 0 Å². The summed E-state index contributed by atoms with van der Waals surface area (Å²) in [5, 5.41) is 9.63. The minimum absolute atomic E-state index is 0.0390. The summed E-state index contributed by atoms with van der Waals surface area (Å²) in [4.78, 5) is 3.79. The zero-order chi connectivity index (χ0) is 13.1. The molecule has 1 aromatic carbocycles. The molecule has 90 valence electrons. The molecule has 1 heterocycles. The molecule has 0 N–H and O–H groups in total. The van der Waals surface area contributed by atoms with E-state index < -0.39 is 5.82 Å². The van der Waals surface area contributed by atoms with E-state index >= 15 is 0 Å². The second kappa shape index (κ2) is 5.34. The second-order valence-corrected chi connectivity index (χ2v) is 4.45. The molecule has 0 saturated carbocycles. The summed E-state index contributed by atoms with van der Waals surface area (Å²) in [6.45, 7) is 0. The van der Waals surface area contributed by atoms with Crippen molar-refractivity contribution in [1.82, 2.24) is 4.98 Å². The predicted octanol–water partition coefficient (Wildman–Crippen LogP) is 4.26.